The van der Waals surface area contributed by atoms with E-state index in [0.29, 0.717) is 21.5 Å². The predicted octanol–water partition coefficient (Wildman–Crippen LogP) is 4.56. The number of anilines is 1. The average molecular weight is 396 g/mol. The highest BCUT2D eigenvalue weighted by molar-refractivity contribution is 6.35. The van der Waals surface area contributed by atoms with Gasteiger partial charge in [-0.15, -0.1) is 0 Å². The van der Waals surface area contributed by atoms with Crippen molar-refractivity contribution in [3.8, 4) is 5.75 Å². The smallest absolute Gasteiger partial charge is 0.344 e. The molecule has 2 aromatic rings. The normalized spacial score (nSPS) is 11.6. The maximum atomic E-state index is 12.1. The Morgan fingerprint density at radius 2 is 1.81 bits per heavy atom. The third-order valence-electron chi connectivity index (χ3n) is 3.70. The van der Waals surface area contributed by atoms with Gasteiger partial charge in [0.1, 0.15) is 5.75 Å². The quantitative estimate of drug-likeness (QED) is 0.728. The van der Waals surface area contributed by atoms with E-state index < -0.39 is 18.0 Å². The van der Waals surface area contributed by atoms with E-state index in [1.165, 1.54) is 13.0 Å². The van der Waals surface area contributed by atoms with E-state index in [2.05, 4.69) is 5.32 Å². The zero-order valence-corrected chi connectivity index (χ0v) is 16.1. The molecule has 0 bridgehead atoms. The molecule has 0 aliphatic rings. The highest BCUT2D eigenvalue weighted by Gasteiger charge is 2.19. The molecule has 0 radical (unpaired) electrons. The van der Waals surface area contributed by atoms with Crippen LogP contribution in [0.15, 0.2) is 36.4 Å². The summed E-state index contributed by atoms with van der Waals surface area (Å²) in [5.41, 5.74) is 2.53. The fraction of sp³-hybridized carbons (Fsp3) is 0.263. The maximum absolute atomic E-state index is 12.1. The van der Waals surface area contributed by atoms with E-state index in [1.807, 2.05) is 26.0 Å². The van der Waals surface area contributed by atoms with Crippen LogP contribution in [-0.4, -0.2) is 24.6 Å². The molecule has 0 fully saturated rings. The summed E-state index contributed by atoms with van der Waals surface area (Å²) in [4.78, 5) is 24.0. The summed E-state index contributed by atoms with van der Waals surface area (Å²) in [5.74, 6) is -0.607. The Hall–Kier alpha value is -2.24. The fourth-order valence-electron chi connectivity index (χ4n) is 2.06. The number of carbonyl (C=O) groups excluding carboxylic acids is 2. The molecular formula is C19H19Cl2NO4. The summed E-state index contributed by atoms with van der Waals surface area (Å²) in [6.45, 7) is 5.10. The van der Waals surface area contributed by atoms with E-state index in [0.717, 1.165) is 11.1 Å². The third kappa shape index (κ3) is 5.64. The Kier molecular flexibility index (Phi) is 6.89. The van der Waals surface area contributed by atoms with Crippen molar-refractivity contribution >= 4 is 40.8 Å². The predicted molar refractivity (Wildman–Crippen MR) is 102 cm³/mol. The largest absolute Gasteiger partial charge is 0.482 e. The minimum Gasteiger partial charge on any atom is -0.482 e. The second kappa shape index (κ2) is 8.92. The number of nitrogens with one attached hydrogen (secondary N) is 1. The molecule has 7 heteroatoms. The van der Waals surface area contributed by atoms with Crippen LogP contribution in [0.25, 0.3) is 0 Å². The summed E-state index contributed by atoms with van der Waals surface area (Å²) in [6, 6.07) is 10.2. The number of aryl methyl sites for hydroxylation is 2. The molecule has 0 aromatic heterocycles. The first-order valence-corrected chi connectivity index (χ1v) is 8.67. The molecule has 0 saturated heterocycles. The van der Waals surface area contributed by atoms with Gasteiger partial charge in [-0.1, -0.05) is 29.3 Å². The zero-order chi connectivity index (χ0) is 19.3. The van der Waals surface area contributed by atoms with Crippen LogP contribution < -0.4 is 10.1 Å². The number of amides is 1. The minimum absolute atomic E-state index is 0.294. The van der Waals surface area contributed by atoms with Gasteiger partial charge in [0.05, 0.1) is 10.7 Å². The van der Waals surface area contributed by atoms with Gasteiger partial charge in [0.15, 0.2) is 12.7 Å². The Labute approximate surface area is 162 Å². The van der Waals surface area contributed by atoms with Crippen molar-refractivity contribution in [2.24, 2.45) is 0 Å². The van der Waals surface area contributed by atoms with Crippen molar-refractivity contribution in [2.45, 2.75) is 26.9 Å². The summed E-state index contributed by atoms with van der Waals surface area (Å²) in [6.07, 6.45) is -1.01. The summed E-state index contributed by atoms with van der Waals surface area (Å²) >= 11 is 11.9. The van der Waals surface area contributed by atoms with Crippen molar-refractivity contribution in [3.05, 3.63) is 57.6 Å². The van der Waals surface area contributed by atoms with Gasteiger partial charge in [-0.25, -0.2) is 4.79 Å². The molecule has 2 aromatic carbocycles. The molecule has 0 aliphatic carbocycles. The van der Waals surface area contributed by atoms with Crippen LogP contribution in [0.5, 0.6) is 5.75 Å². The molecule has 0 spiro atoms. The summed E-state index contributed by atoms with van der Waals surface area (Å²) in [7, 11) is 0. The van der Waals surface area contributed by atoms with Crippen LogP contribution in [-0.2, 0) is 14.3 Å². The Morgan fingerprint density at radius 3 is 2.50 bits per heavy atom. The summed E-state index contributed by atoms with van der Waals surface area (Å²) < 4.78 is 10.5. The van der Waals surface area contributed by atoms with E-state index in [1.54, 1.807) is 18.2 Å². The monoisotopic (exact) mass is 395 g/mol. The number of halogens is 2. The average Bonchev–Trinajstić information content (AvgIpc) is 2.59. The molecule has 1 atom stereocenters. The van der Waals surface area contributed by atoms with E-state index in [9.17, 15) is 9.59 Å². The summed E-state index contributed by atoms with van der Waals surface area (Å²) in [5, 5.41) is 3.33. The number of hydrogen-bond acceptors (Lipinski definition) is 4. The van der Waals surface area contributed by atoms with E-state index >= 15 is 0 Å². The molecule has 1 N–H and O–H groups in total. The van der Waals surface area contributed by atoms with Crippen LogP contribution in [0.3, 0.4) is 0 Å². The van der Waals surface area contributed by atoms with Gasteiger partial charge in [-0.3, -0.25) is 4.79 Å². The SMILES string of the molecule is Cc1ccc(OCC(=O)O[C@@H](C)C(=O)Nc2cc(Cl)ccc2Cl)cc1C. The zero-order valence-electron chi connectivity index (χ0n) is 14.6. The third-order valence-corrected chi connectivity index (χ3v) is 4.26. The molecular weight excluding hydrogens is 377 g/mol. The first-order chi connectivity index (χ1) is 12.3. The van der Waals surface area contributed by atoms with Gasteiger partial charge in [-0.2, -0.15) is 0 Å². The van der Waals surface area contributed by atoms with Gasteiger partial charge in [0.25, 0.3) is 5.91 Å². The molecule has 0 aliphatic heterocycles. The molecule has 0 heterocycles. The first kappa shape index (κ1) is 20.1. The second-order valence-electron chi connectivity index (χ2n) is 5.78. The van der Waals surface area contributed by atoms with Crippen molar-refractivity contribution in [1.82, 2.24) is 0 Å². The Balaban J connectivity index is 1.86. The number of esters is 1. The topological polar surface area (TPSA) is 64.6 Å². The first-order valence-electron chi connectivity index (χ1n) is 7.91. The highest BCUT2D eigenvalue weighted by Crippen LogP contribution is 2.25. The Morgan fingerprint density at radius 1 is 1.08 bits per heavy atom. The van der Waals surface area contributed by atoms with Crippen molar-refractivity contribution < 1.29 is 19.1 Å². The van der Waals surface area contributed by atoms with Crippen LogP contribution in [0.4, 0.5) is 5.69 Å². The highest BCUT2D eigenvalue weighted by atomic mass is 35.5. The maximum Gasteiger partial charge on any atom is 0.344 e. The van der Waals surface area contributed by atoms with E-state index in [-0.39, 0.29) is 6.61 Å². The Bertz CT molecular complexity index is 823. The van der Waals surface area contributed by atoms with Gasteiger partial charge < -0.3 is 14.8 Å². The number of ether oxygens (including phenoxy) is 2. The molecule has 2 rings (SSSR count). The molecule has 26 heavy (non-hydrogen) atoms. The van der Waals surface area contributed by atoms with Gasteiger partial charge >= 0.3 is 5.97 Å². The molecule has 5 nitrogen and oxygen atoms in total. The van der Waals surface area contributed by atoms with Crippen LogP contribution in [0.2, 0.25) is 10.0 Å². The fourth-order valence-corrected chi connectivity index (χ4v) is 2.40. The number of hydrogen-bond donors (Lipinski definition) is 1. The van der Waals surface area contributed by atoms with E-state index in [4.69, 9.17) is 32.7 Å². The standard InChI is InChI=1S/C19H19Cl2NO4/c1-11-4-6-15(8-12(11)2)25-10-18(23)26-13(3)19(24)22-17-9-14(20)5-7-16(17)21/h4-9,13H,10H2,1-3H3,(H,22,24)/t13-/m0/s1. The van der Waals surface area contributed by atoms with Gasteiger partial charge in [0, 0.05) is 5.02 Å². The number of carbonyl (C=O) groups is 2. The lowest BCUT2D eigenvalue weighted by atomic mass is 10.1. The van der Waals surface area contributed by atoms with Gasteiger partial charge in [0.2, 0.25) is 0 Å². The second-order valence-corrected chi connectivity index (χ2v) is 6.62. The lowest BCUT2D eigenvalue weighted by molar-refractivity contribution is -0.155. The number of rotatable bonds is 6. The molecule has 0 unspecified atom stereocenters. The van der Waals surface area contributed by atoms with Crippen molar-refractivity contribution in [3.63, 3.8) is 0 Å². The lowest BCUT2D eigenvalue weighted by Crippen LogP contribution is -2.31. The molecule has 1 amide bonds. The molecule has 0 saturated carbocycles. The van der Waals surface area contributed by atoms with Crippen molar-refractivity contribution in [2.75, 3.05) is 11.9 Å². The molecule has 138 valence electrons. The lowest BCUT2D eigenvalue weighted by Gasteiger charge is -2.15. The van der Waals surface area contributed by atoms with Crippen LogP contribution in [0, 0.1) is 13.8 Å². The number of benzene rings is 2. The van der Waals surface area contributed by atoms with Crippen LogP contribution >= 0.6 is 23.2 Å². The van der Waals surface area contributed by atoms with Crippen molar-refractivity contribution in [1.29, 1.82) is 0 Å². The minimum atomic E-state index is -1.01. The van der Waals surface area contributed by atoms with Gasteiger partial charge in [-0.05, 0) is 62.2 Å². The van der Waals surface area contributed by atoms with Crippen LogP contribution in [0.1, 0.15) is 18.1 Å².